The van der Waals surface area contributed by atoms with E-state index in [1.54, 1.807) is 19.2 Å². The molecule has 0 amide bonds. The zero-order chi connectivity index (χ0) is 13.5. The first-order valence-corrected chi connectivity index (χ1v) is 5.66. The number of ether oxygens (including phenoxy) is 2. The minimum absolute atomic E-state index is 0.0389. The number of aliphatic hydroxyl groups excluding tert-OH is 1. The third kappa shape index (κ3) is 3.83. The summed E-state index contributed by atoms with van der Waals surface area (Å²) in [6.07, 6.45) is 0. The van der Waals surface area contributed by atoms with Gasteiger partial charge in [0.1, 0.15) is 5.76 Å². The topological polar surface area (TPSA) is 80.9 Å². The predicted molar refractivity (Wildman–Crippen MR) is 64.3 cm³/mol. The lowest BCUT2D eigenvalue weighted by Crippen LogP contribution is -2.37. The van der Waals surface area contributed by atoms with Crippen molar-refractivity contribution in [2.24, 2.45) is 0 Å². The molecule has 0 aliphatic heterocycles. The second-order valence-corrected chi connectivity index (χ2v) is 3.92. The Morgan fingerprint density at radius 3 is 2.78 bits per heavy atom. The van der Waals surface area contributed by atoms with E-state index in [2.05, 4.69) is 10.1 Å². The van der Waals surface area contributed by atoms with Crippen LogP contribution in [0.4, 0.5) is 0 Å². The van der Waals surface area contributed by atoms with E-state index in [1.807, 2.05) is 6.92 Å². The Morgan fingerprint density at radius 1 is 1.50 bits per heavy atom. The average Bonchev–Trinajstić information content (AvgIpc) is 2.86. The van der Waals surface area contributed by atoms with E-state index < -0.39 is 5.97 Å². The van der Waals surface area contributed by atoms with Crippen LogP contribution in [0.2, 0.25) is 0 Å². The normalized spacial score (nSPS) is 14.2. The maximum absolute atomic E-state index is 11.2. The van der Waals surface area contributed by atoms with E-state index in [-0.39, 0.29) is 24.5 Å². The maximum atomic E-state index is 11.2. The van der Waals surface area contributed by atoms with Gasteiger partial charge in [0, 0.05) is 7.11 Å². The van der Waals surface area contributed by atoms with Crippen LogP contribution in [0.1, 0.15) is 29.3 Å². The van der Waals surface area contributed by atoms with Crippen molar-refractivity contribution in [3.8, 4) is 0 Å². The molecule has 6 heteroatoms. The minimum Gasteiger partial charge on any atom is -0.463 e. The summed E-state index contributed by atoms with van der Waals surface area (Å²) in [5.41, 5.74) is 0. The van der Waals surface area contributed by atoms with Gasteiger partial charge in [0.05, 0.1) is 32.4 Å². The van der Waals surface area contributed by atoms with Crippen molar-refractivity contribution in [3.05, 3.63) is 23.7 Å². The third-order valence-electron chi connectivity index (χ3n) is 2.51. The van der Waals surface area contributed by atoms with Gasteiger partial charge in [0.25, 0.3) is 0 Å². The summed E-state index contributed by atoms with van der Waals surface area (Å²) in [6.45, 7) is 2.23. The molecular weight excluding hydrogens is 238 g/mol. The number of carbonyl (C=O) groups is 1. The fourth-order valence-corrected chi connectivity index (χ4v) is 1.59. The molecule has 2 N–H and O–H groups in total. The van der Waals surface area contributed by atoms with E-state index in [4.69, 9.17) is 14.3 Å². The monoisotopic (exact) mass is 257 g/mol. The highest BCUT2D eigenvalue weighted by Gasteiger charge is 2.18. The summed E-state index contributed by atoms with van der Waals surface area (Å²) in [6, 6.07) is 2.93. The molecular formula is C12H19NO5. The molecule has 2 unspecified atom stereocenters. The van der Waals surface area contributed by atoms with Crippen molar-refractivity contribution < 1.29 is 23.8 Å². The summed E-state index contributed by atoms with van der Waals surface area (Å²) >= 11 is 0. The van der Waals surface area contributed by atoms with Crippen molar-refractivity contribution in [3.63, 3.8) is 0 Å². The standard InChI is InChI=1S/C12H19NO5/c1-8(13-9(6-14)7-16-2)10-4-5-11(18-10)12(15)17-3/h4-5,8-9,13-14H,6-7H2,1-3H3. The molecule has 18 heavy (non-hydrogen) atoms. The number of esters is 1. The number of rotatable bonds is 7. The fraction of sp³-hybridized carbons (Fsp3) is 0.583. The number of furan rings is 1. The number of carbonyl (C=O) groups excluding carboxylic acids is 1. The van der Waals surface area contributed by atoms with E-state index in [0.717, 1.165) is 0 Å². The van der Waals surface area contributed by atoms with Gasteiger partial charge in [-0.2, -0.15) is 0 Å². The van der Waals surface area contributed by atoms with Gasteiger partial charge in [-0.3, -0.25) is 0 Å². The van der Waals surface area contributed by atoms with Gasteiger partial charge in [-0.1, -0.05) is 0 Å². The van der Waals surface area contributed by atoms with E-state index in [1.165, 1.54) is 7.11 Å². The zero-order valence-corrected chi connectivity index (χ0v) is 10.8. The predicted octanol–water partition coefficient (Wildman–Crippen LogP) is 0.724. The molecule has 0 saturated heterocycles. The molecule has 0 radical (unpaired) electrons. The molecule has 2 atom stereocenters. The van der Waals surface area contributed by atoms with Gasteiger partial charge in [0.2, 0.25) is 5.76 Å². The van der Waals surface area contributed by atoms with Gasteiger partial charge < -0.3 is 24.3 Å². The molecule has 1 aromatic rings. The summed E-state index contributed by atoms with van der Waals surface area (Å²) in [5, 5.41) is 12.3. The lowest BCUT2D eigenvalue weighted by molar-refractivity contribution is 0.0561. The van der Waals surface area contributed by atoms with Crippen LogP contribution in [-0.4, -0.2) is 44.6 Å². The number of aliphatic hydroxyl groups is 1. The largest absolute Gasteiger partial charge is 0.463 e. The Bertz CT molecular complexity index is 376. The molecule has 6 nitrogen and oxygen atoms in total. The van der Waals surface area contributed by atoms with Crippen molar-refractivity contribution in [1.82, 2.24) is 5.32 Å². The van der Waals surface area contributed by atoms with Crippen molar-refractivity contribution in [2.75, 3.05) is 27.4 Å². The first-order valence-electron chi connectivity index (χ1n) is 5.66. The quantitative estimate of drug-likeness (QED) is 0.701. The van der Waals surface area contributed by atoms with Crippen LogP contribution in [0.5, 0.6) is 0 Å². The van der Waals surface area contributed by atoms with Gasteiger partial charge in [-0.25, -0.2) is 4.79 Å². The van der Waals surface area contributed by atoms with Crippen molar-refractivity contribution in [2.45, 2.75) is 19.0 Å². The van der Waals surface area contributed by atoms with Gasteiger partial charge in [-0.15, -0.1) is 0 Å². The Labute approximate surface area is 106 Å². The first-order chi connectivity index (χ1) is 8.62. The van der Waals surface area contributed by atoms with Crippen molar-refractivity contribution >= 4 is 5.97 Å². The maximum Gasteiger partial charge on any atom is 0.373 e. The molecule has 0 aliphatic rings. The fourth-order valence-electron chi connectivity index (χ4n) is 1.59. The third-order valence-corrected chi connectivity index (χ3v) is 2.51. The van der Waals surface area contributed by atoms with Crippen LogP contribution in [0.3, 0.4) is 0 Å². The minimum atomic E-state index is -0.510. The summed E-state index contributed by atoms with van der Waals surface area (Å²) in [4.78, 5) is 11.2. The zero-order valence-electron chi connectivity index (χ0n) is 10.8. The smallest absolute Gasteiger partial charge is 0.373 e. The van der Waals surface area contributed by atoms with E-state index in [0.29, 0.717) is 12.4 Å². The molecule has 1 heterocycles. The SMILES string of the molecule is COCC(CO)NC(C)c1ccc(C(=O)OC)o1. The lowest BCUT2D eigenvalue weighted by Gasteiger charge is -2.19. The Morgan fingerprint density at radius 2 is 2.22 bits per heavy atom. The molecule has 0 bridgehead atoms. The average molecular weight is 257 g/mol. The molecule has 0 fully saturated rings. The van der Waals surface area contributed by atoms with Gasteiger partial charge in [-0.05, 0) is 19.1 Å². The number of hydrogen-bond acceptors (Lipinski definition) is 6. The van der Waals surface area contributed by atoms with Crippen LogP contribution in [0.15, 0.2) is 16.5 Å². The molecule has 0 spiro atoms. The van der Waals surface area contributed by atoms with Crippen LogP contribution < -0.4 is 5.32 Å². The Hall–Kier alpha value is -1.37. The summed E-state index contributed by atoms with van der Waals surface area (Å²) in [5.74, 6) is 0.252. The van der Waals surface area contributed by atoms with Crippen LogP contribution in [-0.2, 0) is 9.47 Å². The highest BCUT2D eigenvalue weighted by atomic mass is 16.5. The number of nitrogens with one attached hydrogen (secondary N) is 1. The second-order valence-electron chi connectivity index (χ2n) is 3.92. The van der Waals surface area contributed by atoms with Gasteiger partial charge in [0.15, 0.2) is 0 Å². The first kappa shape index (κ1) is 14.7. The number of methoxy groups -OCH3 is 2. The second kappa shape index (κ2) is 7.15. The molecule has 102 valence electrons. The highest BCUT2D eigenvalue weighted by Crippen LogP contribution is 2.17. The molecule has 1 aromatic heterocycles. The van der Waals surface area contributed by atoms with Crippen molar-refractivity contribution in [1.29, 1.82) is 0 Å². The molecule has 0 aliphatic carbocycles. The molecule has 0 aromatic carbocycles. The number of hydrogen-bond donors (Lipinski definition) is 2. The lowest BCUT2D eigenvalue weighted by atomic mass is 10.2. The highest BCUT2D eigenvalue weighted by molar-refractivity contribution is 5.86. The van der Waals surface area contributed by atoms with Gasteiger partial charge >= 0.3 is 5.97 Å². The summed E-state index contributed by atoms with van der Waals surface area (Å²) in [7, 11) is 2.86. The summed E-state index contributed by atoms with van der Waals surface area (Å²) < 4.78 is 14.9. The van der Waals surface area contributed by atoms with Crippen LogP contribution >= 0.6 is 0 Å². The van der Waals surface area contributed by atoms with Crippen LogP contribution in [0, 0.1) is 0 Å². The Balaban J connectivity index is 2.63. The van der Waals surface area contributed by atoms with E-state index in [9.17, 15) is 4.79 Å². The molecule has 1 rings (SSSR count). The van der Waals surface area contributed by atoms with Crippen LogP contribution in [0.25, 0.3) is 0 Å². The van der Waals surface area contributed by atoms with E-state index >= 15 is 0 Å². The Kier molecular flexibility index (Phi) is 5.84. The molecule has 0 saturated carbocycles.